The highest BCUT2D eigenvalue weighted by Crippen LogP contribution is 2.30. The number of ether oxygens (including phenoxy) is 1. The van der Waals surface area contributed by atoms with Gasteiger partial charge in [0.25, 0.3) is 0 Å². The van der Waals surface area contributed by atoms with E-state index in [0.29, 0.717) is 5.92 Å². The minimum atomic E-state index is -0.706. The van der Waals surface area contributed by atoms with Crippen molar-refractivity contribution in [3.05, 3.63) is 48.2 Å². The highest BCUT2D eigenvalue weighted by Gasteiger charge is 2.53. The van der Waals surface area contributed by atoms with E-state index in [4.69, 9.17) is 4.74 Å². The van der Waals surface area contributed by atoms with Gasteiger partial charge in [-0.3, -0.25) is 14.4 Å². The third-order valence-corrected chi connectivity index (χ3v) is 3.50. The van der Waals surface area contributed by atoms with Gasteiger partial charge in [0.15, 0.2) is 18.0 Å². The smallest absolute Gasteiger partial charge is 0.248 e. The van der Waals surface area contributed by atoms with Crippen molar-refractivity contribution in [2.24, 2.45) is 5.92 Å². The van der Waals surface area contributed by atoms with Crippen molar-refractivity contribution in [2.75, 3.05) is 0 Å². The molecular formula is C17H19NO4. The third kappa shape index (κ3) is 4.11. The molecule has 2 rings (SSSR count). The Morgan fingerprint density at radius 2 is 2.00 bits per heavy atom. The number of Topliss-reactive ketones (excluding diaryl/α,β-unsaturated/α-hetero) is 1. The minimum Gasteiger partial charge on any atom is -0.352 e. The average molecular weight is 301 g/mol. The van der Waals surface area contributed by atoms with Crippen LogP contribution in [-0.2, 0) is 19.1 Å². The minimum absolute atomic E-state index is 0.000883. The number of hydrogen-bond acceptors (Lipinski definition) is 4. The molecule has 1 aliphatic heterocycles. The summed E-state index contributed by atoms with van der Waals surface area (Å²) in [4.78, 5) is 34.9. The van der Waals surface area contributed by atoms with Gasteiger partial charge in [-0.05, 0) is 5.92 Å². The van der Waals surface area contributed by atoms with Crippen molar-refractivity contribution in [1.29, 1.82) is 0 Å². The van der Waals surface area contributed by atoms with Crippen molar-refractivity contribution >= 4 is 17.5 Å². The molecule has 3 atom stereocenters. The highest BCUT2D eigenvalue weighted by atomic mass is 16.6. The van der Waals surface area contributed by atoms with Gasteiger partial charge in [0, 0.05) is 12.2 Å². The van der Waals surface area contributed by atoms with Crippen LogP contribution in [0.5, 0.6) is 0 Å². The molecule has 0 aromatic rings. The maximum Gasteiger partial charge on any atom is 0.248 e. The first-order valence-electron chi connectivity index (χ1n) is 7.30. The Balaban J connectivity index is 1.82. The summed E-state index contributed by atoms with van der Waals surface area (Å²) in [5, 5.41) is 2.41. The molecule has 116 valence electrons. The standard InChI is InChI=1S/C17H19NO4/c1-3-11(2)8-6-4-5-7-9-14(20)18-12-10-13(19)16-17(22-16)15(12)21/h4-11,16-17H,3H2,1-2H3,(H,18,20)/b5-4+,8-6+,9-7+/t11?,16-,17+/m0/s1. The maximum absolute atomic E-state index is 11.7. The Morgan fingerprint density at radius 1 is 1.27 bits per heavy atom. The molecule has 0 aromatic carbocycles. The molecule has 1 heterocycles. The van der Waals surface area contributed by atoms with Crippen LogP contribution in [0, 0.1) is 5.92 Å². The Morgan fingerprint density at radius 3 is 2.73 bits per heavy atom. The molecule has 0 spiro atoms. The second kappa shape index (κ2) is 7.13. The third-order valence-electron chi connectivity index (χ3n) is 3.50. The summed E-state index contributed by atoms with van der Waals surface area (Å²) in [5.74, 6) is -0.563. The molecule has 5 heteroatoms. The molecule has 0 aromatic heterocycles. The van der Waals surface area contributed by atoms with Crippen LogP contribution in [0.1, 0.15) is 20.3 Å². The molecule has 0 radical (unpaired) electrons. The summed E-state index contributed by atoms with van der Waals surface area (Å²) in [6.45, 7) is 4.24. The lowest BCUT2D eigenvalue weighted by Gasteiger charge is -2.07. The van der Waals surface area contributed by atoms with E-state index in [2.05, 4.69) is 25.2 Å². The largest absolute Gasteiger partial charge is 0.352 e. The number of amides is 1. The lowest BCUT2D eigenvalue weighted by atomic mass is 10.0. The Hall–Kier alpha value is -2.27. The first-order valence-corrected chi connectivity index (χ1v) is 7.30. The zero-order valence-electron chi connectivity index (χ0n) is 12.6. The lowest BCUT2D eigenvalue weighted by Crippen LogP contribution is -2.33. The Bertz CT molecular complexity index is 598. The first kappa shape index (κ1) is 16.1. The number of rotatable bonds is 6. The van der Waals surface area contributed by atoms with Crippen molar-refractivity contribution in [3.63, 3.8) is 0 Å². The van der Waals surface area contributed by atoms with E-state index in [1.807, 2.05) is 12.2 Å². The second-order valence-corrected chi connectivity index (χ2v) is 5.31. The zero-order chi connectivity index (χ0) is 16.1. The molecule has 1 unspecified atom stereocenters. The first-order chi connectivity index (χ1) is 10.5. The topological polar surface area (TPSA) is 75.8 Å². The SMILES string of the molecule is CCC(C)/C=C/C=C/C=C/C(=O)NC1=CC(=O)[C@@H]2O[C@@H]2C1=O. The van der Waals surface area contributed by atoms with Crippen molar-refractivity contribution in [3.8, 4) is 0 Å². The molecule has 1 aliphatic carbocycles. The highest BCUT2D eigenvalue weighted by molar-refractivity contribution is 6.17. The molecule has 1 N–H and O–H groups in total. The molecular weight excluding hydrogens is 282 g/mol. The molecule has 0 saturated carbocycles. The summed E-state index contributed by atoms with van der Waals surface area (Å²) in [7, 11) is 0. The van der Waals surface area contributed by atoms with Crippen LogP contribution in [0.4, 0.5) is 0 Å². The zero-order valence-corrected chi connectivity index (χ0v) is 12.6. The van der Waals surface area contributed by atoms with Gasteiger partial charge < -0.3 is 10.1 Å². The predicted molar refractivity (Wildman–Crippen MR) is 81.8 cm³/mol. The average Bonchev–Trinajstić information content (AvgIpc) is 3.29. The summed E-state index contributed by atoms with van der Waals surface area (Å²) in [6.07, 6.45) is 11.3. The summed E-state index contributed by atoms with van der Waals surface area (Å²) in [6, 6.07) is 0. The van der Waals surface area contributed by atoms with Crippen LogP contribution in [0.25, 0.3) is 0 Å². The van der Waals surface area contributed by atoms with Crippen LogP contribution >= 0.6 is 0 Å². The number of ketones is 2. The Kier molecular flexibility index (Phi) is 5.22. The van der Waals surface area contributed by atoms with E-state index in [-0.39, 0.29) is 17.3 Å². The van der Waals surface area contributed by atoms with E-state index in [9.17, 15) is 14.4 Å². The fourth-order valence-electron chi connectivity index (χ4n) is 1.91. The van der Waals surface area contributed by atoms with Gasteiger partial charge in [0.1, 0.15) is 0 Å². The van der Waals surface area contributed by atoms with Gasteiger partial charge in [0.2, 0.25) is 11.7 Å². The number of nitrogens with one attached hydrogen (secondary N) is 1. The van der Waals surface area contributed by atoms with E-state index in [1.54, 1.807) is 12.2 Å². The van der Waals surface area contributed by atoms with E-state index in [0.717, 1.165) is 12.5 Å². The summed E-state index contributed by atoms with van der Waals surface area (Å²) < 4.78 is 4.93. The van der Waals surface area contributed by atoms with Gasteiger partial charge in [-0.2, -0.15) is 0 Å². The van der Waals surface area contributed by atoms with Gasteiger partial charge >= 0.3 is 0 Å². The molecule has 22 heavy (non-hydrogen) atoms. The van der Waals surface area contributed by atoms with Gasteiger partial charge in [-0.1, -0.05) is 50.6 Å². The molecule has 5 nitrogen and oxygen atoms in total. The molecule has 1 fully saturated rings. The number of carbonyl (C=O) groups excluding carboxylic acids is 3. The van der Waals surface area contributed by atoms with Gasteiger partial charge in [-0.15, -0.1) is 0 Å². The normalized spacial score (nSPS) is 25.6. The molecule has 1 saturated heterocycles. The molecule has 0 bridgehead atoms. The fourth-order valence-corrected chi connectivity index (χ4v) is 1.91. The number of allylic oxidation sites excluding steroid dienone is 5. The van der Waals surface area contributed by atoms with Crippen molar-refractivity contribution < 1.29 is 19.1 Å². The van der Waals surface area contributed by atoms with Crippen LogP contribution < -0.4 is 5.32 Å². The number of carbonyl (C=O) groups is 3. The van der Waals surface area contributed by atoms with Crippen molar-refractivity contribution in [2.45, 2.75) is 32.5 Å². The lowest BCUT2D eigenvalue weighted by molar-refractivity contribution is -0.122. The molecule has 2 aliphatic rings. The van der Waals surface area contributed by atoms with Gasteiger partial charge in [0.05, 0.1) is 5.70 Å². The van der Waals surface area contributed by atoms with E-state index >= 15 is 0 Å². The summed E-state index contributed by atoms with van der Waals surface area (Å²) in [5.41, 5.74) is -0.000883. The van der Waals surface area contributed by atoms with Crippen LogP contribution in [0.2, 0.25) is 0 Å². The monoisotopic (exact) mass is 301 g/mol. The van der Waals surface area contributed by atoms with Crippen LogP contribution in [0.3, 0.4) is 0 Å². The van der Waals surface area contributed by atoms with Gasteiger partial charge in [-0.25, -0.2) is 0 Å². The van der Waals surface area contributed by atoms with Crippen molar-refractivity contribution in [1.82, 2.24) is 5.32 Å². The molecule has 1 amide bonds. The maximum atomic E-state index is 11.7. The quantitative estimate of drug-likeness (QED) is 0.459. The number of fused-ring (bicyclic) bond motifs is 1. The number of epoxide rings is 1. The van der Waals surface area contributed by atoms with Crippen LogP contribution in [-0.4, -0.2) is 29.7 Å². The number of hydrogen-bond donors (Lipinski definition) is 1. The van der Waals surface area contributed by atoms with E-state index < -0.39 is 18.1 Å². The van der Waals surface area contributed by atoms with Crippen LogP contribution in [0.15, 0.2) is 48.2 Å². The fraction of sp³-hybridized carbons (Fsp3) is 0.353. The van der Waals surface area contributed by atoms with E-state index in [1.165, 1.54) is 6.08 Å². The Labute approximate surface area is 129 Å². The summed E-state index contributed by atoms with van der Waals surface area (Å²) >= 11 is 0. The second-order valence-electron chi connectivity index (χ2n) is 5.31. The predicted octanol–water partition coefficient (Wildman–Crippen LogP) is 1.62.